The number of benzene rings is 1. The molecule has 1 atom stereocenters. The van der Waals surface area contributed by atoms with E-state index in [-0.39, 0.29) is 17.7 Å². The van der Waals surface area contributed by atoms with Crippen LogP contribution >= 0.6 is 23.8 Å². The minimum absolute atomic E-state index is 0.0528. The topological polar surface area (TPSA) is 72.2 Å². The van der Waals surface area contributed by atoms with Gasteiger partial charge in [0.15, 0.2) is 10.6 Å². The third-order valence-electron chi connectivity index (χ3n) is 6.37. The summed E-state index contributed by atoms with van der Waals surface area (Å²) in [5.74, 6) is 0.846. The number of piperidine rings is 1. The fourth-order valence-corrected chi connectivity index (χ4v) is 4.68. The molecule has 2 fully saturated rings. The Bertz CT molecular complexity index is 1040. The van der Waals surface area contributed by atoms with E-state index in [1.807, 2.05) is 33.7 Å². The number of unbranched alkanes of at least 4 members (excludes halogenated alkanes) is 1. The van der Waals surface area contributed by atoms with Gasteiger partial charge >= 0.3 is 0 Å². The number of aromatic nitrogens is 3. The van der Waals surface area contributed by atoms with Crippen molar-refractivity contribution < 1.29 is 9.59 Å². The normalized spacial score (nSPS) is 18.4. The summed E-state index contributed by atoms with van der Waals surface area (Å²) < 4.78 is 4.43. The highest BCUT2D eigenvalue weighted by atomic mass is 35.5. The largest absolute Gasteiger partial charge is 0.353 e. The fourth-order valence-electron chi connectivity index (χ4n) is 4.24. The fraction of sp³-hybridized carbons (Fsp3) is 0.583. The first-order chi connectivity index (χ1) is 16.0. The molecule has 9 heteroatoms. The van der Waals surface area contributed by atoms with Crippen molar-refractivity contribution in [2.45, 2.75) is 71.0 Å². The predicted molar refractivity (Wildman–Crippen MR) is 131 cm³/mol. The van der Waals surface area contributed by atoms with Crippen molar-refractivity contribution >= 4 is 35.6 Å². The summed E-state index contributed by atoms with van der Waals surface area (Å²) in [6.07, 6.45) is 6.22. The van der Waals surface area contributed by atoms with Crippen molar-refractivity contribution in [3.8, 4) is 11.4 Å². The molecule has 7 nitrogen and oxygen atoms in total. The first-order valence-electron chi connectivity index (χ1n) is 12.0. The number of carbonyl (C=O) groups is 2. The van der Waals surface area contributed by atoms with Gasteiger partial charge in [0.25, 0.3) is 0 Å². The molecule has 2 aliphatic rings. The number of amides is 2. The molecular weight excluding hydrogens is 458 g/mol. The average Bonchev–Trinajstić information content (AvgIpc) is 3.59. The van der Waals surface area contributed by atoms with Crippen LogP contribution in [0.2, 0.25) is 5.02 Å². The van der Waals surface area contributed by atoms with E-state index in [0.29, 0.717) is 41.9 Å². The average molecular weight is 490 g/mol. The highest BCUT2D eigenvalue weighted by molar-refractivity contribution is 7.71. The highest BCUT2D eigenvalue weighted by Gasteiger charge is 2.31. The molecule has 33 heavy (non-hydrogen) atoms. The van der Waals surface area contributed by atoms with Crippen LogP contribution in [0, 0.1) is 10.7 Å². The molecule has 1 saturated heterocycles. The van der Waals surface area contributed by atoms with Crippen molar-refractivity contribution in [1.82, 2.24) is 24.6 Å². The Balaban J connectivity index is 1.42. The summed E-state index contributed by atoms with van der Waals surface area (Å²) in [5, 5.41) is 8.51. The van der Waals surface area contributed by atoms with Crippen LogP contribution in [-0.2, 0) is 22.7 Å². The van der Waals surface area contributed by atoms with E-state index < -0.39 is 0 Å². The Morgan fingerprint density at radius 3 is 2.64 bits per heavy atom. The second-order valence-electron chi connectivity index (χ2n) is 9.05. The van der Waals surface area contributed by atoms with E-state index in [2.05, 4.69) is 12.2 Å². The molecule has 0 bridgehead atoms. The number of carbonyl (C=O) groups excluding carboxylic acids is 2. The molecular formula is C24H32ClN5O2S. The number of halogens is 1. The van der Waals surface area contributed by atoms with Gasteiger partial charge in [-0.05, 0) is 68.6 Å². The third kappa shape index (κ3) is 6.03. The van der Waals surface area contributed by atoms with E-state index in [0.717, 1.165) is 56.5 Å². The van der Waals surface area contributed by atoms with Crippen LogP contribution in [0.4, 0.5) is 0 Å². The zero-order valence-corrected chi connectivity index (χ0v) is 20.7. The first-order valence-corrected chi connectivity index (χ1v) is 12.8. The summed E-state index contributed by atoms with van der Waals surface area (Å²) >= 11 is 11.8. The molecule has 1 unspecified atom stereocenters. The number of likely N-dealkylation sites (tertiary alicyclic amines) is 1. The minimum Gasteiger partial charge on any atom is -0.353 e. The molecule has 1 aromatic heterocycles. The minimum atomic E-state index is -0.102. The maximum Gasteiger partial charge on any atom is 0.225 e. The van der Waals surface area contributed by atoms with Gasteiger partial charge in [0.2, 0.25) is 11.8 Å². The lowest BCUT2D eigenvalue weighted by atomic mass is 9.97. The highest BCUT2D eigenvalue weighted by Crippen LogP contribution is 2.24. The van der Waals surface area contributed by atoms with Crippen molar-refractivity contribution in [2.75, 3.05) is 13.1 Å². The van der Waals surface area contributed by atoms with Crippen LogP contribution < -0.4 is 5.32 Å². The van der Waals surface area contributed by atoms with Crippen LogP contribution in [0.3, 0.4) is 0 Å². The third-order valence-corrected chi connectivity index (χ3v) is 7.05. The van der Waals surface area contributed by atoms with Crippen LogP contribution in [0.5, 0.6) is 0 Å². The number of nitrogens with zero attached hydrogens (tertiary/aromatic N) is 4. The number of hydrogen-bond donors (Lipinski definition) is 1. The van der Waals surface area contributed by atoms with Gasteiger partial charge in [-0.3, -0.25) is 14.2 Å². The summed E-state index contributed by atoms with van der Waals surface area (Å²) in [6, 6.07) is 7.93. The van der Waals surface area contributed by atoms with Gasteiger partial charge in [-0.25, -0.2) is 4.68 Å². The molecule has 0 radical (unpaired) electrons. The van der Waals surface area contributed by atoms with Gasteiger partial charge in [-0.2, -0.15) is 5.10 Å². The number of hydrogen-bond acceptors (Lipinski definition) is 4. The Morgan fingerprint density at radius 1 is 1.18 bits per heavy atom. The predicted octanol–water partition coefficient (Wildman–Crippen LogP) is 4.44. The van der Waals surface area contributed by atoms with Crippen molar-refractivity contribution in [3.63, 3.8) is 0 Å². The molecule has 4 rings (SSSR count). The molecule has 178 valence electrons. The first kappa shape index (κ1) is 24.0. The lowest BCUT2D eigenvalue weighted by Crippen LogP contribution is -2.46. The summed E-state index contributed by atoms with van der Waals surface area (Å²) in [6.45, 7) is 4.56. The molecule has 2 aromatic rings. The van der Waals surface area contributed by atoms with E-state index in [4.69, 9.17) is 28.9 Å². The second kappa shape index (κ2) is 10.8. The maximum absolute atomic E-state index is 13.0. The smallest absolute Gasteiger partial charge is 0.225 e. The van der Waals surface area contributed by atoms with Gasteiger partial charge < -0.3 is 10.2 Å². The molecule has 0 spiro atoms. The monoisotopic (exact) mass is 489 g/mol. The summed E-state index contributed by atoms with van der Waals surface area (Å²) in [7, 11) is 0. The summed E-state index contributed by atoms with van der Waals surface area (Å²) in [4.78, 5) is 27.2. The number of aryl methyl sites for hydroxylation is 1. The number of rotatable bonds is 9. The Labute approximate surface area is 205 Å². The van der Waals surface area contributed by atoms with E-state index in [1.54, 1.807) is 4.68 Å². The number of nitrogens with one attached hydrogen (secondary N) is 1. The van der Waals surface area contributed by atoms with Crippen LogP contribution in [-0.4, -0.2) is 50.2 Å². The van der Waals surface area contributed by atoms with Gasteiger partial charge in [0.05, 0.1) is 12.5 Å². The standard InChI is InChI=1S/C24H32ClN5O2S/c1-2-3-14-29-22(17-6-8-19(25)9-7-17)27-30(24(29)33)15-12-21(31)28-13-4-5-18(16-28)23(32)26-20-10-11-20/h6-9,18,20H,2-5,10-16H2,1H3,(H,26,32). The van der Waals surface area contributed by atoms with Crippen LogP contribution in [0.1, 0.15) is 51.9 Å². The van der Waals surface area contributed by atoms with E-state index >= 15 is 0 Å². The van der Waals surface area contributed by atoms with Crippen molar-refractivity contribution in [1.29, 1.82) is 0 Å². The second-order valence-corrected chi connectivity index (χ2v) is 9.85. The maximum atomic E-state index is 13.0. The molecule has 2 heterocycles. The van der Waals surface area contributed by atoms with Gasteiger partial charge in [-0.15, -0.1) is 0 Å². The molecule has 1 aliphatic carbocycles. The van der Waals surface area contributed by atoms with E-state index in [1.165, 1.54) is 0 Å². The SMILES string of the molecule is CCCCn1c(-c2ccc(Cl)cc2)nn(CCC(=O)N2CCCC(C(=O)NC3CC3)C2)c1=S. The van der Waals surface area contributed by atoms with Gasteiger partial charge in [-0.1, -0.05) is 24.9 Å². The molecule has 2 amide bonds. The lowest BCUT2D eigenvalue weighted by Gasteiger charge is -2.32. The molecule has 1 N–H and O–H groups in total. The zero-order chi connectivity index (χ0) is 23.4. The van der Waals surface area contributed by atoms with Gasteiger partial charge in [0.1, 0.15) is 0 Å². The lowest BCUT2D eigenvalue weighted by molar-refractivity contribution is -0.136. The summed E-state index contributed by atoms with van der Waals surface area (Å²) in [5.41, 5.74) is 0.951. The molecule has 1 aliphatic heterocycles. The Morgan fingerprint density at radius 2 is 1.94 bits per heavy atom. The Kier molecular flexibility index (Phi) is 7.86. The van der Waals surface area contributed by atoms with Crippen LogP contribution in [0.25, 0.3) is 11.4 Å². The molecule has 1 aromatic carbocycles. The van der Waals surface area contributed by atoms with Crippen molar-refractivity contribution in [3.05, 3.63) is 34.1 Å². The molecule has 1 saturated carbocycles. The van der Waals surface area contributed by atoms with Crippen LogP contribution in [0.15, 0.2) is 24.3 Å². The van der Waals surface area contributed by atoms with E-state index in [9.17, 15) is 9.59 Å². The van der Waals surface area contributed by atoms with Gasteiger partial charge in [0, 0.05) is 42.7 Å². The van der Waals surface area contributed by atoms with Crippen molar-refractivity contribution in [2.24, 2.45) is 5.92 Å². The quantitative estimate of drug-likeness (QED) is 0.528. The zero-order valence-electron chi connectivity index (χ0n) is 19.1. The Hall–Kier alpha value is -2.19.